The molecule has 2 rings (SSSR count). The molecule has 1 amide bonds. The molecule has 0 aromatic carbocycles. The predicted molar refractivity (Wildman–Crippen MR) is 65.7 cm³/mol. The van der Waals surface area contributed by atoms with Gasteiger partial charge in [-0.25, -0.2) is 10.3 Å². The highest BCUT2D eigenvalue weighted by atomic mass is 35.5. The summed E-state index contributed by atoms with van der Waals surface area (Å²) in [7, 11) is 0. The Bertz CT molecular complexity index is 570. The highest BCUT2D eigenvalue weighted by Crippen LogP contribution is 2.19. The van der Waals surface area contributed by atoms with Gasteiger partial charge in [-0.1, -0.05) is 25.8 Å². The average molecular weight is 254 g/mol. The number of amides is 1. The fourth-order valence-electron chi connectivity index (χ4n) is 1.30. The number of aromatic amines is 2. The molecule has 0 atom stereocenters. The van der Waals surface area contributed by atoms with Crippen LogP contribution in [0.4, 0.5) is 5.95 Å². The Morgan fingerprint density at radius 1 is 1.53 bits per heavy atom. The lowest BCUT2D eigenvalue weighted by Crippen LogP contribution is -2.31. The summed E-state index contributed by atoms with van der Waals surface area (Å²) in [5.41, 5.74) is 0.251. The topological polar surface area (TPSA) is 71.9 Å². The molecule has 0 radical (unpaired) electrons. The minimum Gasteiger partial charge on any atom is -0.296 e. The number of hydrogen-bond acceptors (Lipinski definition) is 2. The minimum atomic E-state index is -0.479. The van der Waals surface area contributed by atoms with Crippen LogP contribution in [0.1, 0.15) is 20.8 Å². The number of carbonyl (C=O) groups excluding carboxylic acids is 1. The Kier molecular flexibility index (Phi) is 2.79. The quantitative estimate of drug-likeness (QED) is 0.763. The van der Waals surface area contributed by atoms with Crippen LogP contribution in [0.2, 0.25) is 5.15 Å². The van der Waals surface area contributed by atoms with E-state index < -0.39 is 5.41 Å². The molecule has 90 valence electrons. The number of fused-ring (bicyclic) bond motifs is 1. The third-order valence-corrected chi connectivity index (χ3v) is 2.62. The van der Waals surface area contributed by atoms with E-state index in [9.17, 15) is 4.79 Å². The van der Waals surface area contributed by atoms with Crippen molar-refractivity contribution in [1.29, 1.82) is 0 Å². The van der Waals surface area contributed by atoms with Gasteiger partial charge < -0.3 is 0 Å². The number of nitrogens with zero attached hydrogens (tertiary/aromatic N) is 1. The zero-order valence-electron chi connectivity index (χ0n) is 9.89. The molecule has 0 aliphatic carbocycles. The number of halogens is 1. The molecule has 0 aliphatic heterocycles. The van der Waals surface area contributed by atoms with Crippen LogP contribution in [0.3, 0.4) is 0 Å². The van der Waals surface area contributed by atoms with Gasteiger partial charge in [-0.3, -0.25) is 9.78 Å². The van der Waals surface area contributed by atoms with Crippen LogP contribution >= 0.6 is 11.6 Å². The summed E-state index contributed by atoms with van der Waals surface area (Å²) in [4.78, 5) is 21.8. The summed E-state index contributed by atoms with van der Waals surface area (Å²) in [6.45, 7) is 5.49. The van der Waals surface area contributed by atoms with Crippen molar-refractivity contribution >= 4 is 34.5 Å². The smallest absolute Gasteiger partial charge is 0.296 e. The third kappa shape index (κ3) is 2.39. The first-order valence-electron chi connectivity index (χ1n) is 5.25. The van der Waals surface area contributed by atoms with Crippen molar-refractivity contribution in [3.05, 3.63) is 17.4 Å². The van der Waals surface area contributed by atoms with Gasteiger partial charge in [0.05, 0.1) is 10.8 Å². The summed E-state index contributed by atoms with van der Waals surface area (Å²) in [5, 5.41) is 3.84. The first-order valence-corrected chi connectivity index (χ1v) is 5.63. The fraction of sp³-hybridized carbons (Fsp3) is 0.364. The number of anilines is 1. The Balaban J connectivity index is 2.34. The normalized spacial score (nSPS) is 11.8. The molecule has 6 heteroatoms. The molecule has 0 saturated heterocycles. The average Bonchev–Trinajstić information content (AvgIpc) is 2.64. The van der Waals surface area contributed by atoms with Gasteiger partial charge >= 0.3 is 5.95 Å². The minimum absolute atomic E-state index is 0.122. The van der Waals surface area contributed by atoms with Crippen LogP contribution in [-0.2, 0) is 4.79 Å². The van der Waals surface area contributed by atoms with E-state index in [1.54, 1.807) is 6.20 Å². The van der Waals surface area contributed by atoms with Gasteiger partial charge in [-0.2, -0.15) is 0 Å². The van der Waals surface area contributed by atoms with E-state index in [0.29, 0.717) is 11.1 Å². The first kappa shape index (κ1) is 11.9. The summed E-state index contributed by atoms with van der Waals surface area (Å²) in [6.07, 6.45) is 1.75. The van der Waals surface area contributed by atoms with Gasteiger partial charge in [0, 0.05) is 6.20 Å². The van der Waals surface area contributed by atoms with Crippen LogP contribution in [-0.4, -0.2) is 15.9 Å². The molecule has 0 spiro atoms. The number of nitrogens with one attached hydrogen (secondary N) is 3. The van der Waals surface area contributed by atoms with Crippen LogP contribution in [0.5, 0.6) is 0 Å². The second-order valence-electron chi connectivity index (χ2n) is 4.85. The summed E-state index contributed by atoms with van der Waals surface area (Å²) in [5.74, 6) is 0.216. The number of H-pyrrole nitrogens is 2. The predicted octanol–water partition coefficient (Wildman–Crippen LogP) is 2.01. The van der Waals surface area contributed by atoms with E-state index in [1.807, 2.05) is 26.8 Å². The number of rotatable bonds is 1. The molecule has 5 nitrogen and oxygen atoms in total. The molecule has 0 saturated carbocycles. The molecule has 2 aromatic rings. The van der Waals surface area contributed by atoms with Crippen molar-refractivity contribution in [3.63, 3.8) is 0 Å². The summed E-state index contributed by atoms with van der Waals surface area (Å²) >= 11 is 6.00. The SMILES string of the molecule is CC(C)(C)C(=O)Nc1nc(Cl)c2cc[nH]c2[nH+]1. The number of hydrogen-bond donors (Lipinski definition) is 2. The highest BCUT2D eigenvalue weighted by Gasteiger charge is 2.25. The molecule has 0 aliphatic rings. The van der Waals surface area contributed by atoms with Gasteiger partial charge in [0.2, 0.25) is 10.8 Å². The van der Waals surface area contributed by atoms with Gasteiger partial charge in [-0.05, 0) is 17.7 Å². The second kappa shape index (κ2) is 4.00. The maximum atomic E-state index is 11.8. The molecule has 0 fully saturated rings. The van der Waals surface area contributed by atoms with Gasteiger partial charge in [0.1, 0.15) is 0 Å². The molecule has 0 unspecified atom stereocenters. The Morgan fingerprint density at radius 3 is 2.88 bits per heavy atom. The fourth-order valence-corrected chi connectivity index (χ4v) is 1.55. The zero-order valence-corrected chi connectivity index (χ0v) is 10.6. The lowest BCUT2D eigenvalue weighted by Gasteiger charge is -2.13. The maximum absolute atomic E-state index is 11.8. The van der Waals surface area contributed by atoms with Gasteiger partial charge in [0.25, 0.3) is 5.91 Å². The Morgan fingerprint density at radius 2 is 2.24 bits per heavy atom. The van der Waals surface area contributed by atoms with Gasteiger partial charge in [-0.15, -0.1) is 0 Å². The van der Waals surface area contributed by atoms with Gasteiger partial charge in [0.15, 0.2) is 0 Å². The lowest BCUT2D eigenvalue weighted by molar-refractivity contribution is -0.334. The van der Waals surface area contributed by atoms with E-state index >= 15 is 0 Å². The lowest BCUT2D eigenvalue weighted by atomic mass is 9.96. The highest BCUT2D eigenvalue weighted by molar-refractivity contribution is 6.33. The second-order valence-corrected chi connectivity index (χ2v) is 5.20. The molecule has 0 bridgehead atoms. The van der Waals surface area contributed by atoms with Crippen molar-refractivity contribution < 1.29 is 9.78 Å². The number of carbonyl (C=O) groups is 1. The molecule has 2 aromatic heterocycles. The van der Waals surface area contributed by atoms with E-state index in [2.05, 4.69) is 20.3 Å². The van der Waals surface area contributed by atoms with Crippen LogP contribution in [0.15, 0.2) is 12.3 Å². The van der Waals surface area contributed by atoms with Crippen LogP contribution in [0, 0.1) is 5.41 Å². The van der Waals surface area contributed by atoms with E-state index in [1.165, 1.54) is 0 Å². The molecule has 2 heterocycles. The van der Waals surface area contributed by atoms with Crippen LogP contribution < -0.4 is 10.3 Å². The Labute approximate surface area is 104 Å². The largest absolute Gasteiger partial charge is 0.353 e. The first-order chi connectivity index (χ1) is 7.88. The zero-order chi connectivity index (χ0) is 12.6. The standard InChI is InChI=1S/C11H13ClN4O/c1-11(2,3)9(17)16-10-14-7(12)6-4-5-13-8(6)15-10/h4-5H,1-3H3,(H2,13,14,15,16,17)/p+1. The maximum Gasteiger partial charge on any atom is 0.353 e. The third-order valence-electron chi connectivity index (χ3n) is 2.34. The number of aromatic nitrogens is 3. The van der Waals surface area contributed by atoms with E-state index in [-0.39, 0.29) is 5.91 Å². The van der Waals surface area contributed by atoms with Crippen LogP contribution in [0.25, 0.3) is 11.0 Å². The molecular formula is C11H14ClN4O+. The van der Waals surface area contributed by atoms with Crippen molar-refractivity contribution in [2.24, 2.45) is 5.41 Å². The van der Waals surface area contributed by atoms with Crippen molar-refractivity contribution in [2.75, 3.05) is 5.32 Å². The van der Waals surface area contributed by atoms with Crippen molar-refractivity contribution in [3.8, 4) is 0 Å². The van der Waals surface area contributed by atoms with Crippen molar-refractivity contribution in [2.45, 2.75) is 20.8 Å². The van der Waals surface area contributed by atoms with Crippen molar-refractivity contribution in [1.82, 2.24) is 9.97 Å². The summed E-state index contributed by atoms with van der Waals surface area (Å²) in [6, 6.07) is 1.82. The van der Waals surface area contributed by atoms with E-state index in [0.717, 1.165) is 11.0 Å². The Hall–Kier alpha value is -1.62. The summed E-state index contributed by atoms with van der Waals surface area (Å²) < 4.78 is 0. The molecule has 3 N–H and O–H groups in total. The monoisotopic (exact) mass is 253 g/mol. The molecule has 17 heavy (non-hydrogen) atoms. The molecular weight excluding hydrogens is 240 g/mol. The van der Waals surface area contributed by atoms with E-state index in [4.69, 9.17) is 11.6 Å².